The van der Waals surface area contributed by atoms with Crippen molar-refractivity contribution in [1.29, 1.82) is 0 Å². The Hall–Kier alpha value is -1.88. The van der Waals surface area contributed by atoms with Crippen LogP contribution in [0.25, 0.3) is 0 Å². The van der Waals surface area contributed by atoms with Gasteiger partial charge in [0.1, 0.15) is 0 Å². The SMILES string of the molecule is O=C(O)c1cccc2c1CCCN2C(=O)CC1CCCN1. The summed E-state index contributed by atoms with van der Waals surface area (Å²) in [4.78, 5) is 25.6. The predicted molar refractivity (Wildman–Crippen MR) is 79.7 cm³/mol. The van der Waals surface area contributed by atoms with Crippen LogP contribution in [0, 0.1) is 0 Å². The van der Waals surface area contributed by atoms with Gasteiger partial charge in [-0.05, 0) is 49.9 Å². The molecule has 112 valence electrons. The van der Waals surface area contributed by atoms with Crippen LogP contribution in [0.2, 0.25) is 0 Å². The molecular weight excluding hydrogens is 268 g/mol. The molecule has 2 heterocycles. The maximum Gasteiger partial charge on any atom is 0.336 e. The molecule has 0 radical (unpaired) electrons. The van der Waals surface area contributed by atoms with E-state index in [1.54, 1.807) is 17.0 Å². The number of nitrogens with one attached hydrogen (secondary N) is 1. The number of aromatic carboxylic acids is 1. The van der Waals surface area contributed by atoms with Crippen molar-refractivity contribution in [2.75, 3.05) is 18.0 Å². The lowest BCUT2D eigenvalue weighted by Gasteiger charge is -2.31. The number of nitrogens with zero attached hydrogens (tertiary/aromatic N) is 1. The van der Waals surface area contributed by atoms with Crippen molar-refractivity contribution in [3.63, 3.8) is 0 Å². The molecule has 2 aliphatic heterocycles. The summed E-state index contributed by atoms with van der Waals surface area (Å²) in [6, 6.07) is 5.47. The second kappa shape index (κ2) is 5.85. The van der Waals surface area contributed by atoms with Gasteiger partial charge in [-0.3, -0.25) is 4.79 Å². The number of hydrogen-bond donors (Lipinski definition) is 2. The first-order valence-electron chi connectivity index (χ1n) is 7.56. The molecule has 1 atom stereocenters. The first kappa shape index (κ1) is 14.1. The molecule has 1 aromatic rings. The molecule has 21 heavy (non-hydrogen) atoms. The monoisotopic (exact) mass is 288 g/mol. The van der Waals surface area contributed by atoms with Gasteiger partial charge in [0.2, 0.25) is 5.91 Å². The van der Waals surface area contributed by atoms with Crippen LogP contribution in [0.15, 0.2) is 18.2 Å². The molecule has 2 aliphatic rings. The van der Waals surface area contributed by atoms with Gasteiger partial charge in [0.15, 0.2) is 0 Å². The second-order valence-electron chi connectivity index (χ2n) is 5.75. The molecule has 0 aromatic heterocycles. The first-order chi connectivity index (χ1) is 10.2. The standard InChI is InChI=1S/C16H20N2O3/c19-15(10-11-4-2-8-17-11)18-9-3-6-12-13(16(20)21)5-1-7-14(12)18/h1,5,7,11,17H,2-4,6,8-10H2,(H,20,21). The zero-order chi connectivity index (χ0) is 14.8. The molecule has 1 fully saturated rings. The van der Waals surface area contributed by atoms with E-state index in [9.17, 15) is 14.7 Å². The third-order valence-corrected chi connectivity index (χ3v) is 4.37. The number of fused-ring (bicyclic) bond motifs is 1. The summed E-state index contributed by atoms with van der Waals surface area (Å²) >= 11 is 0. The number of benzene rings is 1. The van der Waals surface area contributed by atoms with Crippen molar-refractivity contribution in [3.8, 4) is 0 Å². The van der Waals surface area contributed by atoms with Crippen molar-refractivity contribution in [1.82, 2.24) is 5.32 Å². The lowest BCUT2D eigenvalue weighted by molar-refractivity contribution is -0.119. The lowest BCUT2D eigenvalue weighted by atomic mass is 9.95. The van der Waals surface area contributed by atoms with E-state index in [2.05, 4.69) is 5.32 Å². The van der Waals surface area contributed by atoms with Gasteiger partial charge in [0.05, 0.1) is 5.56 Å². The Morgan fingerprint density at radius 1 is 1.33 bits per heavy atom. The summed E-state index contributed by atoms with van der Waals surface area (Å²) in [5, 5.41) is 12.6. The lowest BCUT2D eigenvalue weighted by Crippen LogP contribution is -2.39. The van der Waals surface area contributed by atoms with Crippen LogP contribution in [-0.4, -0.2) is 36.1 Å². The maximum absolute atomic E-state index is 12.5. The Balaban J connectivity index is 1.84. The summed E-state index contributed by atoms with van der Waals surface area (Å²) in [6.45, 7) is 1.67. The Bertz CT molecular complexity index is 565. The highest BCUT2D eigenvalue weighted by Gasteiger charge is 2.28. The van der Waals surface area contributed by atoms with Crippen molar-refractivity contribution in [2.45, 2.75) is 38.1 Å². The number of carbonyl (C=O) groups is 2. The molecule has 5 nitrogen and oxygen atoms in total. The Kier molecular flexibility index (Phi) is 3.92. The number of carboxylic acid groups (broad SMARTS) is 1. The molecular formula is C16H20N2O3. The molecule has 1 unspecified atom stereocenters. The smallest absolute Gasteiger partial charge is 0.336 e. The number of carbonyl (C=O) groups excluding carboxylic acids is 1. The van der Waals surface area contributed by atoms with Gasteiger partial charge in [0.25, 0.3) is 0 Å². The van der Waals surface area contributed by atoms with E-state index >= 15 is 0 Å². The Morgan fingerprint density at radius 3 is 2.90 bits per heavy atom. The second-order valence-corrected chi connectivity index (χ2v) is 5.75. The van der Waals surface area contributed by atoms with Crippen LogP contribution in [-0.2, 0) is 11.2 Å². The van der Waals surface area contributed by atoms with Gasteiger partial charge in [-0.2, -0.15) is 0 Å². The van der Waals surface area contributed by atoms with Crippen LogP contribution < -0.4 is 10.2 Å². The van der Waals surface area contributed by atoms with E-state index < -0.39 is 5.97 Å². The van der Waals surface area contributed by atoms with Gasteiger partial charge in [-0.25, -0.2) is 4.79 Å². The van der Waals surface area contributed by atoms with Crippen LogP contribution in [0.5, 0.6) is 0 Å². The van der Waals surface area contributed by atoms with Crippen LogP contribution in [0.4, 0.5) is 5.69 Å². The van der Waals surface area contributed by atoms with E-state index in [-0.39, 0.29) is 11.9 Å². The molecule has 0 aliphatic carbocycles. The topological polar surface area (TPSA) is 69.6 Å². The third kappa shape index (κ3) is 2.78. The summed E-state index contributed by atoms with van der Waals surface area (Å²) in [6.07, 6.45) is 4.21. The predicted octanol–water partition coefficient (Wildman–Crippen LogP) is 1.81. The largest absolute Gasteiger partial charge is 0.478 e. The fraction of sp³-hybridized carbons (Fsp3) is 0.500. The minimum absolute atomic E-state index is 0.0953. The third-order valence-electron chi connectivity index (χ3n) is 4.37. The summed E-state index contributed by atoms with van der Waals surface area (Å²) in [7, 11) is 0. The first-order valence-corrected chi connectivity index (χ1v) is 7.56. The van der Waals surface area contributed by atoms with E-state index in [1.165, 1.54) is 0 Å². The Labute approximate surface area is 123 Å². The normalized spacial score (nSPS) is 21.1. The average Bonchev–Trinajstić information content (AvgIpc) is 2.98. The molecule has 0 spiro atoms. The van der Waals surface area contributed by atoms with Crippen LogP contribution in [0.3, 0.4) is 0 Å². The fourth-order valence-electron chi connectivity index (χ4n) is 3.34. The zero-order valence-corrected chi connectivity index (χ0v) is 12.0. The number of rotatable bonds is 3. The molecule has 5 heteroatoms. The van der Waals surface area contributed by atoms with Crippen molar-refractivity contribution in [3.05, 3.63) is 29.3 Å². The highest BCUT2D eigenvalue weighted by molar-refractivity contribution is 5.98. The molecule has 0 bridgehead atoms. The quantitative estimate of drug-likeness (QED) is 0.890. The summed E-state index contributed by atoms with van der Waals surface area (Å²) in [5.41, 5.74) is 1.90. The number of carboxylic acids is 1. The molecule has 1 amide bonds. The summed E-state index contributed by atoms with van der Waals surface area (Å²) < 4.78 is 0. The van der Waals surface area contributed by atoms with Gasteiger partial charge in [0, 0.05) is 24.7 Å². The van der Waals surface area contributed by atoms with Crippen molar-refractivity contribution >= 4 is 17.6 Å². The highest BCUT2D eigenvalue weighted by Crippen LogP contribution is 2.30. The number of anilines is 1. The Morgan fingerprint density at radius 2 is 2.19 bits per heavy atom. The van der Waals surface area contributed by atoms with Crippen LogP contribution in [0.1, 0.15) is 41.6 Å². The van der Waals surface area contributed by atoms with Crippen molar-refractivity contribution in [2.24, 2.45) is 0 Å². The highest BCUT2D eigenvalue weighted by atomic mass is 16.4. The maximum atomic E-state index is 12.5. The molecule has 2 N–H and O–H groups in total. The number of amides is 1. The van der Waals surface area contributed by atoms with Gasteiger partial charge < -0.3 is 15.3 Å². The van der Waals surface area contributed by atoms with E-state index in [0.29, 0.717) is 18.5 Å². The van der Waals surface area contributed by atoms with Crippen molar-refractivity contribution < 1.29 is 14.7 Å². The van der Waals surface area contributed by atoms with Gasteiger partial charge >= 0.3 is 5.97 Å². The molecule has 1 saturated heterocycles. The fourth-order valence-corrected chi connectivity index (χ4v) is 3.34. The number of hydrogen-bond acceptors (Lipinski definition) is 3. The van der Waals surface area contributed by atoms with E-state index in [0.717, 1.165) is 43.5 Å². The van der Waals surface area contributed by atoms with Gasteiger partial charge in [-0.15, -0.1) is 0 Å². The minimum atomic E-state index is -0.918. The van der Waals surface area contributed by atoms with E-state index in [1.807, 2.05) is 6.07 Å². The molecule has 1 aromatic carbocycles. The molecule has 0 saturated carbocycles. The van der Waals surface area contributed by atoms with E-state index in [4.69, 9.17) is 0 Å². The minimum Gasteiger partial charge on any atom is -0.478 e. The zero-order valence-electron chi connectivity index (χ0n) is 12.0. The van der Waals surface area contributed by atoms with Gasteiger partial charge in [-0.1, -0.05) is 6.07 Å². The average molecular weight is 288 g/mol. The summed E-state index contributed by atoms with van der Waals surface area (Å²) in [5.74, 6) is -0.823. The van der Waals surface area contributed by atoms with Crippen LogP contribution >= 0.6 is 0 Å². The molecule has 3 rings (SSSR count).